The lowest BCUT2D eigenvalue weighted by molar-refractivity contribution is 0.474. The predicted octanol–water partition coefficient (Wildman–Crippen LogP) is 4.44. The summed E-state index contributed by atoms with van der Waals surface area (Å²) in [6.07, 6.45) is 9.62. The molecular formula is C15H11ClFIN2O. The van der Waals surface area contributed by atoms with Gasteiger partial charge in [-0.05, 0) is 40.8 Å². The standard InChI is InChI=1S/C15H11ClFIN2O/c16-10-6-11(17)14(7-15(10)21)20-12-3-4-19-13-5-8(18)1-2-9(12)13/h1-7,9,13,20-21H. The van der Waals surface area contributed by atoms with Crippen LogP contribution in [-0.4, -0.2) is 17.4 Å². The van der Waals surface area contributed by atoms with Gasteiger partial charge in [0.2, 0.25) is 0 Å². The topological polar surface area (TPSA) is 44.6 Å². The highest BCUT2D eigenvalue weighted by Crippen LogP contribution is 2.34. The van der Waals surface area contributed by atoms with Crippen molar-refractivity contribution in [2.75, 3.05) is 5.32 Å². The molecule has 0 fully saturated rings. The van der Waals surface area contributed by atoms with Crippen LogP contribution in [0.4, 0.5) is 10.1 Å². The molecule has 0 bridgehead atoms. The van der Waals surface area contributed by atoms with Crippen LogP contribution in [0.2, 0.25) is 5.02 Å². The van der Waals surface area contributed by atoms with Crippen molar-refractivity contribution in [3.05, 3.63) is 56.6 Å². The average Bonchev–Trinajstić information content (AvgIpc) is 2.44. The molecule has 1 aromatic rings. The Labute approximate surface area is 140 Å². The minimum atomic E-state index is -0.511. The van der Waals surface area contributed by atoms with Gasteiger partial charge in [-0.25, -0.2) is 4.39 Å². The Bertz CT molecular complexity index is 712. The zero-order chi connectivity index (χ0) is 15.0. The van der Waals surface area contributed by atoms with Gasteiger partial charge in [0.1, 0.15) is 11.6 Å². The van der Waals surface area contributed by atoms with Crippen LogP contribution in [0.25, 0.3) is 0 Å². The number of halogens is 3. The van der Waals surface area contributed by atoms with Crippen molar-refractivity contribution < 1.29 is 9.50 Å². The maximum Gasteiger partial charge on any atom is 0.148 e. The number of fused-ring (bicyclic) bond motifs is 1. The number of hydrogen-bond acceptors (Lipinski definition) is 3. The summed E-state index contributed by atoms with van der Waals surface area (Å²) in [5, 5.41) is 12.6. The molecule has 1 aliphatic carbocycles. The number of allylic oxidation sites excluding steroid dienone is 3. The second-order valence-electron chi connectivity index (χ2n) is 4.76. The van der Waals surface area contributed by atoms with Gasteiger partial charge >= 0.3 is 0 Å². The number of aliphatic imine (C=N–C) groups is 1. The Hall–Kier alpha value is -1.34. The minimum absolute atomic E-state index is 0.00911. The molecule has 0 aromatic heterocycles. The number of aromatic hydroxyl groups is 1. The first kappa shape index (κ1) is 14.6. The summed E-state index contributed by atoms with van der Waals surface area (Å²) in [4.78, 5) is 4.41. The molecule has 1 heterocycles. The van der Waals surface area contributed by atoms with Crippen LogP contribution in [0.1, 0.15) is 0 Å². The summed E-state index contributed by atoms with van der Waals surface area (Å²) >= 11 is 7.92. The first-order valence-corrected chi connectivity index (χ1v) is 7.74. The van der Waals surface area contributed by atoms with Gasteiger partial charge in [-0.2, -0.15) is 0 Å². The number of nitrogens with zero attached hydrogens (tertiary/aromatic N) is 1. The normalized spacial score (nSPS) is 23.4. The molecule has 3 rings (SSSR count). The number of hydrogen-bond donors (Lipinski definition) is 2. The second-order valence-corrected chi connectivity index (χ2v) is 6.41. The molecule has 1 aliphatic heterocycles. The lowest BCUT2D eigenvalue weighted by Crippen LogP contribution is -2.26. The van der Waals surface area contributed by atoms with Crippen LogP contribution in [0.5, 0.6) is 5.75 Å². The van der Waals surface area contributed by atoms with E-state index in [2.05, 4.69) is 39.0 Å². The van der Waals surface area contributed by atoms with Crippen LogP contribution < -0.4 is 5.32 Å². The Kier molecular flexibility index (Phi) is 4.03. The van der Waals surface area contributed by atoms with Crippen molar-refractivity contribution in [3.8, 4) is 5.75 Å². The van der Waals surface area contributed by atoms with Crippen LogP contribution in [0.15, 0.2) is 50.7 Å². The highest BCUT2D eigenvalue weighted by Gasteiger charge is 2.26. The first-order chi connectivity index (χ1) is 10.0. The van der Waals surface area contributed by atoms with Gasteiger partial charge in [0.05, 0.1) is 16.8 Å². The summed E-state index contributed by atoms with van der Waals surface area (Å²) in [6.45, 7) is 0. The van der Waals surface area contributed by atoms with E-state index >= 15 is 0 Å². The Morgan fingerprint density at radius 1 is 1.38 bits per heavy atom. The molecule has 21 heavy (non-hydrogen) atoms. The number of phenolic OH excluding ortho intramolecular Hbond substituents is 1. The molecule has 6 heteroatoms. The van der Waals surface area contributed by atoms with Gasteiger partial charge in [0.25, 0.3) is 0 Å². The van der Waals surface area contributed by atoms with E-state index in [1.54, 1.807) is 6.21 Å². The molecule has 3 nitrogen and oxygen atoms in total. The second kappa shape index (κ2) is 5.81. The quantitative estimate of drug-likeness (QED) is 0.700. The lowest BCUT2D eigenvalue weighted by Gasteiger charge is -2.28. The molecule has 2 aliphatic rings. The number of rotatable bonds is 2. The molecule has 0 amide bonds. The first-order valence-electron chi connectivity index (χ1n) is 6.28. The van der Waals surface area contributed by atoms with Gasteiger partial charge in [-0.15, -0.1) is 0 Å². The molecule has 2 atom stereocenters. The third kappa shape index (κ3) is 2.98. The summed E-state index contributed by atoms with van der Waals surface area (Å²) in [7, 11) is 0. The highest BCUT2D eigenvalue weighted by molar-refractivity contribution is 14.1. The molecule has 0 saturated carbocycles. The van der Waals surface area contributed by atoms with E-state index in [0.717, 1.165) is 15.3 Å². The smallest absolute Gasteiger partial charge is 0.148 e. The third-order valence-electron chi connectivity index (χ3n) is 3.35. The van der Waals surface area contributed by atoms with Gasteiger partial charge in [-0.3, -0.25) is 4.99 Å². The van der Waals surface area contributed by atoms with Crippen molar-refractivity contribution in [3.63, 3.8) is 0 Å². The maximum absolute atomic E-state index is 13.9. The molecule has 0 saturated heterocycles. The molecular weight excluding hydrogens is 406 g/mol. The van der Waals surface area contributed by atoms with E-state index in [1.165, 1.54) is 6.07 Å². The van der Waals surface area contributed by atoms with Gasteiger partial charge in [0, 0.05) is 27.5 Å². The SMILES string of the molecule is Oc1cc(NC2=CC=NC3C=C(I)C=CC23)c(F)cc1Cl. The summed E-state index contributed by atoms with van der Waals surface area (Å²) in [5.74, 6) is -0.635. The molecule has 2 unspecified atom stereocenters. The fourth-order valence-corrected chi connectivity index (χ4v) is 3.03. The van der Waals surface area contributed by atoms with Crippen molar-refractivity contribution in [1.82, 2.24) is 0 Å². The third-order valence-corrected chi connectivity index (χ3v) is 4.37. The van der Waals surface area contributed by atoms with E-state index in [9.17, 15) is 9.50 Å². The van der Waals surface area contributed by atoms with Crippen molar-refractivity contribution in [2.45, 2.75) is 6.04 Å². The van der Waals surface area contributed by atoms with Crippen LogP contribution in [0.3, 0.4) is 0 Å². The van der Waals surface area contributed by atoms with Crippen molar-refractivity contribution in [1.29, 1.82) is 0 Å². The summed E-state index contributed by atoms with van der Waals surface area (Å²) < 4.78 is 15.0. The zero-order valence-electron chi connectivity index (χ0n) is 10.7. The molecule has 1 aromatic carbocycles. The lowest BCUT2D eigenvalue weighted by atomic mass is 9.90. The van der Waals surface area contributed by atoms with Crippen LogP contribution in [0, 0.1) is 11.7 Å². The number of benzene rings is 1. The predicted molar refractivity (Wildman–Crippen MR) is 91.8 cm³/mol. The highest BCUT2D eigenvalue weighted by atomic mass is 127. The Morgan fingerprint density at radius 3 is 3.00 bits per heavy atom. The number of nitrogens with one attached hydrogen (secondary N) is 1. The fourth-order valence-electron chi connectivity index (χ4n) is 2.30. The van der Waals surface area contributed by atoms with E-state index < -0.39 is 5.82 Å². The Balaban J connectivity index is 1.89. The molecule has 108 valence electrons. The maximum atomic E-state index is 13.9. The Morgan fingerprint density at radius 2 is 2.19 bits per heavy atom. The van der Waals surface area contributed by atoms with E-state index in [-0.39, 0.29) is 28.4 Å². The average molecular weight is 417 g/mol. The number of dihydropyridines is 1. The fraction of sp³-hybridized carbons (Fsp3) is 0.133. The van der Waals surface area contributed by atoms with Crippen molar-refractivity contribution in [2.24, 2.45) is 10.9 Å². The van der Waals surface area contributed by atoms with Crippen LogP contribution in [-0.2, 0) is 0 Å². The van der Waals surface area contributed by atoms with Crippen LogP contribution >= 0.6 is 34.2 Å². The van der Waals surface area contributed by atoms with Crippen molar-refractivity contribution >= 4 is 46.1 Å². The number of anilines is 1. The monoisotopic (exact) mass is 416 g/mol. The summed E-state index contributed by atoms with van der Waals surface area (Å²) in [5.41, 5.74) is 1.02. The van der Waals surface area contributed by atoms with Gasteiger partial charge < -0.3 is 10.4 Å². The zero-order valence-corrected chi connectivity index (χ0v) is 13.6. The minimum Gasteiger partial charge on any atom is -0.506 e. The molecule has 0 radical (unpaired) electrons. The molecule has 2 N–H and O–H groups in total. The number of phenols is 1. The largest absolute Gasteiger partial charge is 0.506 e. The summed E-state index contributed by atoms with van der Waals surface area (Å²) in [6, 6.07) is 2.39. The van der Waals surface area contributed by atoms with E-state index in [4.69, 9.17) is 11.6 Å². The van der Waals surface area contributed by atoms with Gasteiger partial charge in [-0.1, -0.05) is 23.8 Å². The van der Waals surface area contributed by atoms with E-state index in [1.807, 2.05) is 18.2 Å². The molecule has 0 spiro atoms. The van der Waals surface area contributed by atoms with E-state index in [0.29, 0.717) is 0 Å². The van der Waals surface area contributed by atoms with Gasteiger partial charge in [0.15, 0.2) is 0 Å².